The molecule has 5 heteroatoms. The van der Waals surface area contributed by atoms with E-state index in [9.17, 15) is 4.79 Å². The number of aromatic nitrogens is 1. The summed E-state index contributed by atoms with van der Waals surface area (Å²) in [5.74, 6) is 0.523. The third-order valence-corrected chi connectivity index (χ3v) is 4.80. The summed E-state index contributed by atoms with van der Waals surface area (Å²) in [6.45, 7) is 5.04. The highest BCUT2D eigenvalue weighted by molar-refractivity contribution is 5.99. The van der Waals surface area contributed by atoms with Gasteiger partial charge in [0.1, 0.15) is 5.56 Å². The first kappa shape index (κ1) is 16.4. The Morgan fingerprint density at radius 1 is 0.962 bits per heavy atom. The molecule has 0 unspecified atom stereocenters. The first-order valence-corrected chi connectivity index (χ1v) is 8.83. The molecule has 1 saturated heterocycles. The third kappa shape index (κ3) is 3.20. The van der Waals surface area contributed by atoms with Crippen LogP contribution in [-0.2, 0) is 0 Å². The second-order valence-corrected chi connectivity index (χ2v) is 6.55. The van der Waals surface area contributed by atoms with Crippen LogP contribution >= 0.6 is 0 Å². The van der Waals surface area contributed by atoms with E-state index in [1.165, 1.54) is 11.9 Å². The van der Waals surface area contributed by atoms with Crippen molar-refractivity contribution >= 4 is 11.6 Å². The van der Waals surface area contributed by atoms with E-state index in [0.29, 0.717) is 24.4 Å². The van der Waals surface area contributed by atoms with Crippen molar-refractivity contribution in [3.8, 4) is 11.3 Å². The normalized spacial score (nSPS) is 14.5. The van der Waals surface area contributed by atoms with Crippen LogP contribution in [0.25, 0.3) is 11.3 Å². The molecule has 0 N–H and O–H groups in total. The largest absolute Gasteiger partial charge is 0.368 e. The summed E-state index contributed by atoms with van der Waals surface area (Å²) in [6, 6.07) is 18.2. The van der Waals surface area contributed by atoms with Crippen LogP contribution in [0.5, 0.6) is 0 Å². The van der Waals surface area contributed by atoms with Gasteiger partial charge in [0.05, 0.1) is 6.20 Å². The smallest absolute Gasteiger partial charge is 0.259 e. The van der Waals surface area contributed by atoms with Crippen LogP contribution in [0, 0.1) is 6.92 Å². The summed E-state index contributed by atoms with van der Waals surface area (Å²) in [5.41, 5.74) is 3.77. The molecule has 1 fully saturated rings. The second-order valence-electron chi connectivity index (χ2n) is 6.55. The fourth-order valence-electron chi connectivity index (χ4n) is 3.28. The first-order valence-electron chi connectivity index (χ1n) is 8.83. The molecule has 1 aromatic heterocycles. The Bertz CT molecular complexity index is 879. The monoisotopic (exact) mass is 347 g/mol. The van der Waals surface area contributed by atoms with Gasteiger partial charge in [-0.3, -0.25) is 4.79 Å². The minimum Gasteiger partial charge on any atom is -0.368 e. The molecule has 2 aromatic carbocycles. The first-order chi connectivity index (χ1) is 12.7. The van der Waals surface area contributed by atoms with E-state index in [1.807, 2.05) is 54.3 Å². The Hall–Kier alpha value is -3.08. The van der Waals surface area contributed by atoms with Crippen molar-refractivity contribution in [1.29, 1.82) is 0 Å². The molecule has 2 heterocycles. The molecule has 1 aliphatic heterocycles. The predicted molar refractivity (Wildman–Crippen MR) is 101 cm³/mol. The molecule has 0 radical (unpaired) electrons. The number of carbonyl (C=O) groups excluding carboxylic acids is 1. The minimum atomic E-state index is -0.0189. The molecule has 26 heavy (non-hydrogen) atoms. The lowest BCUT2D eigenvalue weighted by Gasteiger charge is -2.36. The molecule has 4 rings (SSSR count). The van der Waals surface area contributed by atoms with Crippen molar-refractivity contribution in [2.45, 2.75) is 6.92 Å². The molecule has 132 valence electrons. The number of anilines is 1. The lowest BCUT2D eigenvalue weighted by atomic mass is 10.1. The Kier molecular flexibility index (Phi) is 4.44. The van der Waals surface area contributed by atoms with Crippen LogP contribution < -0.4 is 4.90 Å². The fraction of sp³-hybridized carbons (Fsp3) is 0.238. The van der Waals surface area contributed by atoms with Gasteiger partial charge in [0.15, 0.2) is 5.76 Å². The molecule has 0 spiro atoms. The van der Waals surface area contributed by atoms with Crippen molar-refractivity contribution in [1.82, 2.24) is 10.1 Å². The van der Waals surface area contributed by atoms with E-state index in [4.69, 9.17) is 4.52 Å². The number of para-hydroxylation sites is 1. The molecule has 1 amide bonds. The maximum atomic E-state index is 13.0. The minimum absolute atomic E-state index is 0.0189. The van der Waals surface area contributed by atoms with Crippen molar-refractivity contribution in [2.75, 3.05) is 31.1 Å². The molecule has 0 saturated carbocycles. The summed E-state index contributed by atoms with van der Waals surface area (Å²) >= 11 is 0. The van der Waals surface area contributed by atoms with Crippen molar-refractivity contribution < 1.29 is 9.32 Å². The fourth-order valence-corrected chi connectivity index (χ4v) is 3.28. The number of amides is 1. The Morgan fingerprint density at radius 3 is 2.35 bits per heavy atom. The Labute approximate surface area is 152 Å². The van der Waals surface area contributed by atoms with Crippen LogP contribution in [0.2, 0.25) is 0 Å². The number of piperazine rings is 1. The lowest BCUT2D eigenvalue weighted by Crippen LogP contribution is -2.48. The number of hydrogen-bond donors (Lipinski definition) is 0. The number of carbonyl (C=O) groups is 1. The molecule has 1 aliphatic rings. The highest BCUT2D eigenvalue weighted by Crippen LogP contribution is 2.26. The van der Waals surface area contributed by atoms with Gasteiger partial charge in [0.2, 0.25) is 0 Å². The zero-order chi connectivity index (χ0) is 17.9. The summed E-state index contributed by atoms with van der Waals surface area (Å²) in [6.07, 6.45) is 1.53. The quantitative estimate of drug-likeness (QED) is 0.726. The van der Waals surface area contributed by atoms with Crippen LogP contribution in [0.1, 0.15) is 15.9 Å². The van der Waals surface area contributed by atoms with Gasteiger partial charge in [-0.1, -0.05) is 53.2 Å². The average molecular weight is 347 g/mol. The van der Waals surface area contributed by atoms with Gasteiger partial charge in [-0.2, -0.15) is 0 Å². The zero-order valence-corrected chi connectivity index (χ0v) is 14.8. The topological polar surface area (TPSA) is 49.6 Å². The summed E-state index contributed by atoms with van der Waals surface area (Å²) < 4.78 is 5.39. The number of benzene rings is 2. The molecule has 0 bridgehead atoms. The molecule has 0 atom stereocenters. The van der Waals surface area contributed by atoms with Crippen molar-refractivity contribution in [2.24, 2.45) is 0 Å². The number of rotatable bonds is 3. The molecule has 0 aliphatic carbocycles. The van der Waals surface area contributed by atoms with Gasteiger partial charge in [-0.15, -0.1) is 0 Å². The summed E-state index contributed by atoms with van der Waals surface area (Å²) in [5, 5.41) is 3.87. The standard InChI is InChI=1S/C21H21N3O2/c1-16-7-9-17(10-8-16)20-19(15-22-26-20)21(25)24-13-11-23(12-14-24)18-5-3-2-4-6-18/h2-10,15H,11-14H2,1H3. The second kappa shape index (κ2) is 7.04. The number of aryl methyl sites for hydroxylation is 1. The third-order valence-electron chi connectivity index (χ3n) is 4.80. The SMILES string of the molecule is Cc1ccc(-c2oncc2C(=O)N2CCN(c3ccccc3)CC2)cc1. The molecule has 3 aromatic rings. The van der Waals surface area contributed by atoms with Crippen LogP contribution in [0.4, 0.5) is 5.69 Å². The maximum Gasteiger partial charge on any atom is 0.259 e. The van der Waals surface area contributed by atoms with Gasteiger partial charge in [0.25, 0.3) is 5.91 Å². The van der Waals surface area contributed by atoms with Gasteiger partial charge in [0, 0.05) is 37.4 Å². The number of hydrogen-bond acceptors (Lipinski definition) is 4. The van der Waals surface area contributed by atoms with Crippen LogP contribution in [0.15, 0.2) is 65.3 Å². The van der Waals surface area contributed by atoms with E-state index >= 15 is 0 Å². The maximum absolute atomic E-state index is 13.0. The van der Waals surface area contributed by atoms with E-state index in [-0.39, 0.29) is 5.91 Å². The predicted octanol–water partition coefficient (Wildman–Crippen LogP) is 3.61. The van der Waals surface area contributed by atoms with Gasteiger partial charge in [-0.05, 0) is 19.1 Å². The van der Waals surface area contributed by atoms with E-state index < -0.39 is 0 Å². The van der Waals surface area contributed by atoms with E-state index in [1.54, 1.807) is 0 Å². The highest BCUT2D eigenvalue weighted by Gasteiger charge is 2.26. The summed E-state index contributed by atoms with van der Waals surface area (Å²) in [4.78, 5) is 17.2. The zero-order valence-electron chi connectivity index (χ0n) is 14.8. The summed E-state index contributed by atoms with van der Waals surface area (Å²) in [7, 11) is 0. The Morgan fingerprint density at radius 2 is 1.65 bits per heavy atom. The molecular weight excluding hydrogens is 326 g/mol. The van der Waals surface area contributed by atoms with E-state index in [0.717, 1.165) is 24.2 Å². The average Bonchev–Trinajstić information content (AvgIpc) is 3.19. The van der Waals surface area contributed by atoms with Crippen LogP contribution in [-0.4, -0.2) is 42.1 Å². The van der Waals surface area contributed by atoms with Crippen molar-refractivity contribution in [3.63, 3.8) is 0 Å². The number of nitrogens with zero attached hydrogens (tertiary/aromatic N) is 3. The molecular formula is C21H21N3O2. The van der Waals surface area contributed by atoms with Crippen LogP contribution in [0.3, 0.4) is 0 Å². The van der Waals surface area contributed by atoms with Gasteiger partial charge in [-0.25, -0.2) is 0 Å². The lowest BCUT2D eigenvalue weighted by molar-refractivity contribution is 0.0747. The van der Waals surface area contributed by atoms with Gasteiger partial charge < -0.3 is 14.3 Å². The van der Waals surface area contributed by atoms with Gasteiger partial charge >= 0.3 is 0 Å². The molecule has 5 nitrogen and oxygen atoms in total. The highest BCUT2D eigenvalue weighted by atomic mass is 16.5. The van der Waals surface area contributed by atoms with Crippen molar-refractivity contribution in [3.05, 3.63) is 71.9 Å². The van der Waals surface area contributed by atoms with E-state index in [2.05, 4.69) is 22.2 Å². The Balaban J connectivity index is 1.48.